The normalized spacial score (nSPS) is 11.8. The van der Waals surface area contributed by atoms with Crippen LogP contribution in [-0.2, 0) is 11.2 Å². The number of aliphatic hydroxyl groups excluding tert-OH is 1. The van der Waals surface area contributed by atoms with Gasteiger partial charge in [-0.1, -0.05) is 60.7 Å². The number of hydrogen-bond acceptors (Lipinski definition) is 2. The highest BCUT2D eigenvalue weighted by Crippen LogP contribution is 2.22. The maximum absolute atomic E-state index is 13.3. The Morgan fingerprint density at radius 3 is 2.46 bits per heavy atom. The molecule has 26 heavy (non-hydrogen) atoms. The van der Waals surface area contributed by atoms with Crippen molar-refractivity contribution in [1.29, 1.82) is 0 Å². The van der Waals surface area contributed by atoms with Crippen molar-refractivity contribution in [3.05, 3.63) is 101 Å². The van der Waals surface area contributed by atoms with Gasteiger partial charge in [0, 0.05) is 5.69 Å². The van der Waals surface area contributed by atoms with Crippen LogP contribution in [0, 0.1) is 5.82 Å². The molecule has 2 N–H and O–H groups in total. The molecule has 0 spiro atoms. The molecule has 0 aromatic heterocycles. The molecule has 0 aliphatic heterocycles. The maximum atomic E-state index is 13.3. The highest BCUT2D eigenvalue weighted by molar-refractivity contribution is 5.92. The van der Waals surface area contributed by atoms with E-state index in [-0.39, 0.29) is 12.3 Å². The highest BCUT2D eigenvalue weighted by atomic mass is 19.1. The number of carbonyl (C=O) groups is 1. The summed E-state index contributed by atoms with van der Waals surface area (Å²) in [7, 11) is 0. The summed E-state index contributed by atoms with van der Waals surface area (Å²) in [5.41, 5.74) is 3.24. The van der Waals surface area contributed by atoms with Crippen LogP contribution in [0.25, 0.3) is 0 Å². The summed E-state index contributed by atoms with van der Waals surface area (Å²) >= 11 is 0. The molecule has 0 saturated carbocycles. The summed E-state index contributed by atoms with van der Waals surface area (Å²) in [6.45, 7) is 0. The standard InChI is InChI=1S/C22H20FNO2/c23-19-11-6-10-18(14-19)21(25)15-22(26)24-20-12-5-4-9-17(20)13-16-7-2-1-3-8-16/h1-12,14,21,25H,13,15H2,(H,24,26). The largest absolute Gasteiger partial charge is 0.388 e. The Kier molecular flexibility index (Phi) is 5.77. The summed E-state index contributed by atoms with van der Waals surface area (Å²) < 4.78 is 13.3. The quantitative estimate of drug-likeness (QED) is 0.689. The number of carbonyl (C=O) groups excluding carboxylic acids is 1. The summed E-state index contributed by atoms with van der Waals surface area (Å²) in [5, 5.41) is 13.0. The molecule has 4 heteroatoms. The molecule has 3 rings (SSSR count). The van der Waals surface area contributed by atoms with Crippen molar-refractivity contribution < 1.29 is 14.3 Å². The summed E-state index contributed by atoms with van der Waals surface area (Å²) in [6, 6.07) is 23.2. The van der Waals surface area contributed by atoms with E-state index in [0.717, 1.165) is 11.1 Å². The third kappa shape index (κ3) is 4.77. The van der Waals surface area contributed by atoms with Gasteiger partial charge in [-0.2, -0.15) is 0 Å². The molecule has 1 amide bonds. The number of para-hydroxylation sites is 1. The fourth-order valence-corrected chi connectivity index (χ4v) is 2.82. The third-order valence-electron chi connectivity index (χ3n) is 4.14. The molecule has 0 heterocycles. The second-order valence-electron chi connectivity index (χ2n) is 6.14. The molecule has 3 aromatic rings. The van der Waals surface area contributed by atoms with Crippen LogP contribution >= 0.6 is 0 Å². The van der Waals surface area contributed by atoms with E-state index in [4.69, 9.17) is 0 Å². The predicted octanol–water partition coefficient (Wildman–Crippen LogP) is 4.48. The first-order valence-corrected chi connectivity index (χ1v) is 8.47. The smallest absolute Gasteiger partial charge is 0.227 e. The monoisotopic (exact) mass is 349 g/mol. The number of anilines is 1. The van der Waals surface area contributed by atoms with Crippen molar-refractivity contribution in [2.24, 2.45) is 0 Å². The first-order valence-electron chi connectivity index (χ1n) is 8.47. The number of halogens is 1. The van der Waals surface area contributed by atoms with E-state index < -0.39 is 11.9 Å². The van der Waals surface area contributed by atoms with Gasteiger partial charge in [-0.15, -0.1) is 0 Å². The van der Waals surface area contributed by atoms with Gasteiger partial charge in [0.15, 0.2) is 0 Å². The molecule has 3 nitrogen and oxygen atoms in total. The lowest BCUT2D eigenvalue weighted by molar-refractivity contribution is -0.118. The van der Waals surface area contributed by atoms with Crippen LogP contribution in [0.1, 0.15) is 29.2 Å². The molecule has 0 saturated heterocycles. The van der Waals surface area contributed by atoms with Crippen LogP contribution < -0.4 is 5.32 Å². The van der Waals surface area contributed by atoms with Crippen molar-refractivity contribution in [2.45, 2.75) is 18.9 Å². The molecule has 132 valence electrons. The van der Waals surface area contributed by atoms with Crippen LogP contribution in [0.15, 0.2) is 78.9 Å². The zero-order valence-electron chi connectivity index (χ0n) is 14.2. The van der Waals surface area contributed by atoms with Crippen LogP contribution in [0.3, 0.4) is 0 Å². The fourth-order valence-electron chi connectivity index (χ4n) is 2.82. The molecule has 0 fully saturated rings. The predicted molar refractivity (Wildman–Crippen MR) is 100 cm³/mol. The molecule has 3 aromatic carbocycles. The Hall–Kier alpha value is -2.98. The number of nitrogens with one attached hydrogen (secondary N) is 1. The lowest BCUT2D eigenvalue weighted by atomic mass is 10.0. The second kappa shape index (κ2) is 8.41. The molecule has 0 bridgehead atoms. The molecule has 0 aliphatic rings. The molecule has 0 aliphatic carbocycles. The van der Waals surface area contributed by atoms with Gasteiger partial charge in [0.25, 0.3) is 0 Å². The van der Waals surface area contributed by atoms with Crippen molar-refractivity contribution >= 4 is 11.6 Å². The minimum Gasteiger partial charge on any atom is -0.388 e. The summed E-state index contributed by atoms with van der Waals surface area (Å²) in [4.78, 5) is 12.3. The van der Waals surface area contributed by atoms with Crippen LogP contribution in [-0.4, -0.2) is 11.0 Å². The SMILES string of the molecule is O=C(CC(O)c1cccc(F)c1)Nc1ccccc1Cc1ccccc1. The van der Waals surface area contributed by atoms with Crippen LogP contribution in [0.4, 0.5) is 10.1 Å². The minimum absolute atomic E-state index is 0.136. The molecule has 1 atom stereocenters. The highest BCUT2D eigenvalue weighted by Gasteiger charge is 2.15. The second-order valence-corrected chi connectivity index (χ2v) is 6.14. The fraction of sp³-hybridized carbons (Fsp3) is 0.136. The first-order chi connectivity index (χ1) is 12.6. The Bertz CT molecular complexity index is 880. The topological polar surface area (TPSA) is 49.3 Å². The van der Waals surface area contributed by atoms with Gasteiger partial charge in [-0.3, -0.25) is 4.79 Å². The van der Waals surface area contributed by atoms with Gasteiger partial charge in [0.05, 0.1) is 12.5 Å². The number of hydrogen-bond donors (Lipinski definition) is 2. The Morgan fingerprint density at radius 2 is 1.69 bits per heavy atom. The number of amides is 1. The number of aliphatic hydroxyl groups is 1. The number of rotatable bonds is 6. The van der Waals surface area contributed by atoms with Gasteiger partial charge < -0.3 is 10.4 Å². The Morgan fingerprint density at radius 1 is 0.962 bits per heavy atom. The average Bonchev–Trinajstić information content (AvgIpc) is 2.64. The van der Waals surface area contributed by atoms with E-state index in [9.17, 15) is 14.3 Å². The molecular weight excluding hydrogens is 329 g/mol. The van der Waals surface area contributed by atoms with Crippen LogP contribution in [0.5, 0.6) is 0 Å². The van der Waals surface area contributed by atoms with Gasteiger partial charge in [0.2, 0.25) is 5.91 Å². The van der Waals surface area contributed by atoms with Crippen LogP contribution in [0.2, 0.25) is 0 Å². The third-order valence-corrected chi connectivity index (χ3v) is 4.14. The van der Waals surface area contributed by atoms with Crippen molar-refractivity contribution in [3.8, 4) is 0 Å². The zero-order chi connectivity index (χ0) is 18.4. The van der Waals surface area contributed by atoms with Gasteiger partial charge >= 0.3 is 0 Å². The first kappa shape index (κ1) is 17.8. The summed E-state index contributed by atoms with van der Waals surface area (Å²) in [5.74, 6) is -0.752. The Balaban J connectivity index is 1.68. The van der Waals surface area contributed by atoms with Crippen molar-refractivity contribution in [3.63, 3.8) is 0 Å². The molecule has 1 unspecified atom stereocenters. The molecular formula is C22H20FNO2. The van der Waals surface area contributed by atoms with E-state index in [1.165, 1.54) is 18.2 Å². The van der Waals surface area contributed by atoms with E-state index in [1.807, 2.05) is 54.6 Å². The van der Waals surface area contributed by atoms with Crippen molar-refractivity contribution in [1.82, 2.24) is 0 Å². The minimum atomic E-state index is -1.05. The van der Waals surface area contributed by atoms with Gasteiger partial charge in [0.1, 0.15) is 5.82 Å². The maximum Gasteiger partial charge on any atom is 0.227 e. The van der Waals surface area contributed by atoms with E-state index in [0.29, 0.717) is 17.7 Å². The van der Waals surface area contributed by atoms with E-state index in [1.54, 1.807) is 6.07 Å². The summed E-state index contributed by atoms with van der Waals surface area (Å²) in [6.07, 6.45) is -0.487. The van der Waals surface area contributed by atoms with E-state index >= 15 is 0 Å². The zero-order valence-corrected chi connectivity index (χ0v) is 14.2. The number of benzene rings is 3. The van der Waals surface area contributed by atoms with Gasteiger partial charge in [-0.25, -0.2) is 4.39 Å². The lowest BCUT2D eigenvalue weighted by Crippen LogP contribution is -2.16. The van der Waals surface area contributed by atoms with Gasteiger partial charge in [-0.05, 0) is 41.3 Å². The Labute approximate surface area is 152 Å². The molecule has 0 radical (unpaired) electrons. The van der Waals surface area contributed by atoms with Crippen molar-refractivity contribution in [2.75, 3.05) is 5.32 Å². The lowest BCUT2D eigenvalue weighted by Gasteiger charge is -2.14. The average molecular weight is 349 g/mol. The van der Waals surface area contributed by atoms with E-state index in [2.05, 4.69) is 5.32 Å².